The van der Waals surface area contributed by atoms with Crippen molar-refractivity contribution >= 4 is 5.91 Å². The minimum absolute atomic E-state index is 0.0258. The van der Waals surface area contributed by atoms with E-state index in [4.69, 9.17) is 10.5 Å². The Morgan fingerprint density at radius 3 is 2.61 bits per heavy atom. The van der Waals surface area contributed by atoms with Gasteiger partial charge in [-0.2, -0.15) is 0 Å². The van der Waals surface area contributed by atoms with Gasteiger partial charge in [0.1, 0.15) is 5.75 Å². The van der Waals surface area contributed by atoms with Crippen LogP contribution in [0.4, 0.5) is 0 Å². The van der Waals surface area contributed by atoms with Gasteiger partial charge in [-0.15, -0.1) is 0 Å². The van der Waals surface area contributed by atoms with E-state index in [-0.39, 0.29) is 11.9 Å². The summed E-state index contributed by atoms with van der Waals surface area (Å²) < 4.78 is 5.08. The number of methoxy groups -OCH3 is 1. The van der Waals surface area contributed by atoms with Crippen LogP contribution in [0.3, 0.4) is 0 Å². The molecule has 100 valence electrons. The van der Waals surface area contributed by atoms with Gasteiger partial charge < -0.3 is 15.8 Å². The van der Waals surface area contributed by atoms with Gasteiger partial charge >= 0.3 is 0 Å². The van der Waals surface area contributed by atoms with E-state index in [9.17, 15) is 4.79 Å². The molecule has 0 spiro atoms. The van der Waals surface area contributed by atoms with E-state index in [1.807, 2.05) is 31.2 Å². The Labute approximate surface area is 109 Å². The molecule has 1 unspecified atom stereocenters. The average molecular weight is 250 g/mol. The van der Waals surface area contributed by atoms with E-state index in [2.05, 4.69) is 5.32 Å². The van der Waals surface area contributed by atoms with E-state index in [1.165, 1.54) is 5.56 Å². The van der Waals surface area contributed by atoms with Crippen molar-refractivity contribution < 1.29 is 9.53 Å². The molecule has 0 aliphatic heterocycles. The van der Waals surface area contributed by atoms with Crippen LogP contribution in [0.5, 0.6) is 5.75 Å². The molecule has 0 fully saturated rings. The number of nitrogens with one attached hydrogen (secondary N) is 1. The molecular weight excluding hydrogens is 228 g/mol. The summed E-state index contributed by atoms with van der Waals surface area (Å²) in [5, 5.41) is 2.87. The lowest BCUT2D eigenvalue weighted by Crippen LogP contribution is -2.32. The van der Waals surface area contributed by atoms with E-state index < -0.39 is 0 Å². The molecule has 1 rings (SSSR count). The fourth-order valence-corrected chi connectivity index (χ4v) is 1.59. The van der Waals surface area contributed by atoms with Crippen LogP contribution in [0.15, 0.2) is 24.3 Å². The normalized spacial score (nSPS) is 11.9. The molecule has 0 heterocycles. The summed E-state index contributed by atoms with van der Waals surface area (Å²) in [5.41, 5.74) is 6.89. The number of nitrogens with two attached hydrogens (primary N) is 1. The fourth-order valence-electron chi connectivity index (χ4n) is 1.59. The lowest BCUT2D eigenvalue weighted by atomic mass is 10.1. The summed E-state index contributed by atoms with van der Waals surface area (Å²) in [7, 11) is 1.65. The minimum atomic E-state index is -0.0361. The van der Waals surface area contributed by atoms with E-state index in [0.717, 1.165) is 18.6 Å². The first-order valence-corrected chi connectivity index (χ1v) is 6.31. The molecule has 0 aliphatic carbocycles. The van der Waals surface area contributed by atoms with E-state index in [0.29, 0.717) is 13.0 Å². The summed E-state index contributed by atoms with van der Waals surface area (Å²) in [5.74, 6) is 0.870. The number of hydrogen-bond donors (Lipinski definition) is 2. The number of ether oxygens (including phenoxy) is 1. The summed E-state index contributed by atoms with van der Waals surface area (Å²) in [6, 6.07) is 7.81. The third-order valence-electron chi connectivity index (χ3n) is 2.87. The van der Waals surface area contributed by atoms with E-state index in [1.54, 1.807) is 7.11 Å². The second kappa shape index (κ2) is 7.71. The van der Waals surface area contributed by atoms with Crippen LogP contribution in [0.25, 0.3) is 0 Å². The third kappa shape index (κ3) is 5.19. The predicted molar refractivity (Wildman–Crippen MR) is 72.6 cm³/mol. The van der Waals surface area contributed by atoms with Crippen molar-refractivity contribution in [3.05, 3.63) is 29.8 Å². The predicted octanol–water partition coefficient (Wildman–Crippen LogP) is 1.48. The summed E-state index contributed by atoms with van der Waals surface area (Å²) >= 11 is 0. The van der Waals surface area contributed by atoms with Gasteiger partial charge in [-0.3, -0.25) is 4.79 Å². The molecule has 0 saturated heterocycles. The van der Waals surface area contributed by atoms with Crippen LogP contribution in [0.1, 0.15) is 25.3 Å². The number of hydrogen-bond acceptors (Lipinski definition) is 3. The Morgan fingerprint density at radius 1 is 1.39 bits per heavy atom. The molecule has 1 atom stereocenters. The molecule has 1 aromatic rings. The number of carbonyl (C=O) groups is 1. The summed E-state index contributed by atoms with van der Waals surface area (Å²) in [6.45, 7) is 2.62. The van der Waals surface area contributed by atoms with Gasteiger partial charge in [0.05, 0.1) is 7.11 Å². The van der Waals surface area contributed by atoms with Gasteiger partial charge in [-0.05, 0) is 30.5 Å². The van der Waals surface area contributed by atoms with Gasteiger partial charge in [0.25, 0.3) is 0 Å². The van der Waals surface area contributed by atoms with Crippen LogP contribution in [-0.4, -0.2) is 25.6 Å². The highest BCUT2D eigenvalue weighted by Crippen LogP contribution is 2.11. The molecule has 0 aromatic heterocycles. The first-order valence-electron chi connectivity index (χ1n) is 6.31. The Bertz CT molecular complexity index is 363. The van der Waals surface area contributed by atoms with Crippen molar-refractivity contribution in [3.63, 3.8) is 0 Å². The Balaban J connectivity index is 2.26. The number of benzene rings is 1. The van der Waals surface area contributed by atoms with Crippen LogP contribution >= 0.6 is 0 Å². The number of amides is 1. The van der Waals surface area contributed by atoms with Gasteiger partial charge in [0.15, 0.2) is 0 Å². The lowest BCUT2D eigenvalue weighted by molar-refractivity contribution is -0.121. The van der Waals surface area contributed by atoms with Gasteiger partial charge in [-0.1, -0.05) is 19.1 Å². The summed E-state index contributed by atoms with van der Waals surface area (Å²) in [4.78, 5) is 11.5. The smallest absolute Gasteiger partial charge is 0.221 e. The van der Waals surface area contributed by atoms with Crippen molar-refractivity contribution in [2.75, 3.05) is 13.7 Å². The van der Waals surface area contributed by atoms with Crippen LogP contribution in [-0.2, 0) is 11.2 Å². The van der Waals surface area contributed by atoms with Gasteiger partial charge in [0.2, 0.25) is 5.91 Å². The molecular formula is C14H22N2O2. The third-order valence-corrected chi connectivity index (χ3v) is 2.87. The number of rotatable bonds is 7. The molecule has 18 heavy (non-hydrogen) atoms. The average Bonchev–Trinajstić information content (AvgIpc) is 2.39. The first kappa shape index (κ1) is 14.5. The van der Waals surface area contributed by atoms with Crippen molar-refractivity contribution in [2.45, 2.75) is 32.2 Å². The molecule has 0 radical (unpaired) electrons. The molecule has 0 aliphatic rings. The molecule has 1 aromatic carbocycles. The molecule has 3 N–H and O–H groups in total. The maximum absolute atomic E-state index is 11.5. The number of carbonyl (C=O) groups excluding carboxylic acids is 1. The maximum atomic E-state index is 11.5. The monoisotopic (exact) mass is 250 g/mol. The van der Waals surface area contributed by atoms with Gasteiger partial charge in [-0.25, -0.2) is 0 Å². The standard InChI is InChI=1S/C14H22N2O2/c1-3-12(15)10-14(17)16-9-8-11-4-6-13(18-2)7-5-11/h4-7,12H,3,8-10,15H2,1-2H3,(H,16,17). The fraction of sp³-hybridized carbons (Fsp3) is 0.500. The van der Waals surface area contributed by atoms with Crippen LogP contribution in [0, 0.1) is 0 Å². The lowest BCUT2D eigenvalue weighted by Gasteiger charge is -2.09. The highest BCUT2D eigenvalue weighted by Gasteiger charge is 2.06. The molecule has 0 saturated carbocycles. The first-order chi connectivity index (χ1) is 8.65. The van der Waals surface area contributed by atoms with Crippen molar-refractivity contribution in [2.24, 2.45) is 5.73 Å². The molecule has 0 bridgehead atoms. The van der Waals surface area contributed by atoms with Crippen molar-refractivity contribution in [1.82, 2.24) is 5.32 Å². The largest absolute Gasteiger partial charge is 0.497 e. The Kier molecular flexibility index (Phi) is 6.22. The minimum Gasteiger partial charge on any atom is -0.497 e. The highest BCUT2D eigenvalue weighted by atomic mass is 16.5. The Morgan fingerprint density at radius 2 is 2.06 bits per heavy atom. The van der Waals surface area contributed by atoms with E-state index >= 15 is 0 Å². The zero-order chi connectivity index (χ0) is 13.4. The second-order valence-electron chi connectivity index (χ2n) is 4.32. The van der Waals surface area contributed by atoms with Crippen molar-refractivity contribution in [3.8, 4) is 5.75 Å². The molecule has 1 amide bonds. The molecule has 4 nitrogen and oxygen atoms in total. The van der Waals surface area contributed by atoms with Gasteiger partial charge in [0, 0.05) is 19.0 Å². The van der Waals surface area contributed by atoms with Crippen LogP contribution in [0.2, 0.25) is 0 Å². The topological polar surface area (TPSA) is 64.4 Å². The highest BCUT2D eigenvalue weighted by molar-refractivity contribution is 5.76. The van der Waals surface area contributed by atoms with Crippen molar-refractivity contribution in [1.29, 1.82) is 0 Å². The second-order valence-corrected chi connectivity index (χ2v) is 4.32. The summed E-state index contributed by atoms with van der Waals surface area (Å²) in [6.07, 6.45) is 2.04. The van der Waals surface area contributed by atoms with Crippen LogP contribution < -0.4 is 15.8 Å². The molecule has 4 heteroatoms. The quantitative estimate of drug-likeness (QED) is 0.770. The Hall–Kier alpha value is -1.55. The zero-order valence-corrected chi connectivity index (χ0v) is 11.1. The zero-order valence-electron chi connectivity index (χ0n) is 11.1. The maximum Gasteiger partial charge on any atom is 0.221 e. The SMILES string of the molecule is CCC(N)CC(=O)NCCc1ccc(OC)cc1.